The van der Waals surface area contributed by atoms with Crippen molar-refractivity contribution in [3.05, 3.63) is 0 Å². The molecule has 6 heteroatoms. The first kappa shape index (κ1) is 22.4. The summed E-state index contributed by atoms with van der Waals surface area (Å²) >= 11 is 0. The molecule has 0 amide bonds. The Morgan fingerprint density at radius 1 is 1.26 bits per heavy atom. The molecule has 158 valence electrons. The van der Waals surface area contributed by atoms with E-state index in [0.29, 0.717) is 6.10 Å². The number of hydrogen-bond acceptors (Lipinski definition) is 4. The Morgan fingerprint density at radius 3 is 2.81 bits per heavy atom. The van der Waals surface area contributed by atoms with E-state index < -0.39 is 0 Å². The fourth-order valence-corrected chi connectivity index (χ4v) is 3.83. The summed E-state index contributed by atoms with van der Waals surface area (Å²) in [6.07, 6.45) is 6.26. The van der Waals surface area contributed by atoms with Gasteiger partial charge in [-0.1, -0.05) is 6.92 Å². The summed E-state index contributed by atoms with van der Waals surface area (Å²) in [5.41, 5.74) is 0.0986. The van der Waals surface area contributed by atoms with E-state index in [1.807, 2.05) is 0 Å². The summed E-state index contributed by atoms with van der Waals surface area (Å²) in [6, 6.07) is 0. The van der Waals surface area contributed by atoms with Crippen LogP contribution in [0.2, 0.25) is 0 Å². The topological polar surface area (TPSA) is 58.1 Å². The number of nitrogens with zero attached hydrogens (tertiary/aromatic N) is 2. The first-order valence-electron chi connectivity index (χ1n) is 11.0. The Hall–Kier alpha value is -0.850. The van der Waals surface area contributed by atoms with Gasteiger partial charge in [0.05, 0.1) is 19.3 Å². The third kappa shape index (κ3) is 8.36. The standard InChI is InChI=1S/C21H42N4O2/c1-5-22-20(23-11-8-13-26-16-19-10-7-14-27-19)24-17-21(3,4)25-12-6-9-18(2)15-25/h18-19H,5-17H2,1-4H3,(H2,22,23,24). The van der Waals surface area contributed by atoms with E-state index in [2.05, 4.69) is 43.2 Å². The second kappa shape index (κ2) is 11.9. The number of aliphatic imine (C=N–C) groups is 1. The van der Waals surface area contributed by atoms with Gasteiger partial charge in [-0.25, -0.2) is 0 Å². The number of rotatable bonds is 10. The summed E-state index contributed by atoms with van der Waals surface area (Å²) in [4.78, 5) is 7.46. The van der Waals surface area contributed by atoms with Crippen LogP contribution in [0.15, 0.2) is 4.99 Å². The number of likely N-dealkylation sites (tertiary alicyclic amines) is 1. The summed E-state index contributed by atoms with van der Waals surface area (Å²) in [5.74, 6) is 1.71. The van der Waals surface area contributed by atoms with Gasteiger partial charge in [0.15, 0.2) is 5.96 Å². The maximum Gasteiger partial charge on any atom is 0.191 e. The Labute approximate surface area is 166 Å². The van der Waals surface area contributed by atoms with Crippen LogP contribution < -0.4 is 10.6 Å². The van der Waals surface area contributed by atoms with E-state index in [-0.39, 0.29) is 5.54 Å². The number of guanidine groups is 1. The zero-order valence-corrected chi connectivity index (χ0v) is 18.1. The van der Waals surface area contributed by atoms with Gasteiger partial charge in [-0.05, 0) is 65.3 Å². The van der Waals surface area contributed by atoms with Crippen molar-refractivity contribution in [2.45, 2.75) is 71.4 Å². The molecule has 2 rings (SSSR count). The number of nitrogens with one attached hydrogen (secondary N) is 2. The van der Waals surface area contributed by atoms with E-state index in [4.69, 9.17) is 14.5 Å². The summed E-state index contributed by atoms with van der Waals surface area (Å²) in [5, 5.41) is 6.80. The van der Waals surface area contributed by atoms with Gasteiger partial charge in [-0.15, -0.1) is 0 Å². The molecule has 2 N–H and O–H groups in total. The highest BCUT2D eigenvalue weighted by molar-refractivity contribution is 5.79. The molecule has 2 fully saturated rings. The average molecular weight is 383 g/mol. The quantitative estimate of drug-likeness (QED) is 0.346. The van der Waals surface area contributed by atoms with Gasteiger partial charge in [0.1, 0.15) is 0 Å². The molecule has 2 heterocycles. The Morgan fingerprint density at radius 2 is 2.11 bits per heavy atom. The highest BCUT2D eigenvalue weighted by atomic mass is 16.5. The molecule has 0 aromatic heterocycles. The van der Waals surface area contributed by atoms with E-state index in [1.165, 1.54) is 32.4 Å². The third-order valence-corrected chi connectivity index (χ3v) is 5.57. The zero-order chi connectivity index (χ0) is 19.5. The Balaban J connectivity index is 1.67. The minimum absolute atomic E-state index is 0.0986. The minimum atomic E-state index is 0.0986. The van der Waals surface area contributed by atoms with Crippen LogP contribution in [-0.2, 0) is 9.47 Å². The van der Waals surface area contributed by atoms with Crippen molar-refractivity contribution >= 4 is 5.96 Å². The molecule has 2 saturated heterocycles. The lowest BCUT2D eigenvalue weighted by atomic mass is 9.94. The Kier molecular flexibility index (Phi) is 9.87. The maximum absolute atomic E-state index is 5.73. The average Bonchev–Trinajstić information content (AvgIpc) is 3.16. The smallest absolute Gasteiger partial charge is 0.191 e. The predicted octanol–water partition coefficient (Wildman–Crippen LogP) is 2.64. The summed E-state index contributed by atoms with van der Waals surface area (Å²) < 4.78 is 11.3. The van der Waals surface area contributed by atoms with Crippen LogP contribution >= 0.6 is 0 Å². The molecule has 2 aliphatic heterocycles. The van der Waals surface area contributed by atoms with Crippen molar-refractivity contribution in [3.63, 3.8) is 0 Å². The van der Waals surface area contributed by atoms with Crippen LogP contribution in [-0.4, -0.2) is 75.0 Å². The molecule has 0 bridgehead atoms. The molecular weight excluding hydrogens is 340 g/mol. The highest BCUT2D eigenvalue weighted by Gasteiger charge is 2.30. The van der Waals surface area contributed by atoms with Crippen LogP contribution in [0, 0.1) is 5.92 Å². The first-order valence-corrected chi connectivity index (χ1v) is 11.0. The van der Waals surface area contributed by atoms with Gasteiger partial charge in [-0.2, -0.15) is 0 Å². The zero-order valence-electron chi connectivity index (χ0n) is 18.1. The lowest BCUT2D eigenvalue weighted by molar-refractivity contribution is 0.0168. The maximum atomic E-state index is 5.73. The third-order valence-electron chi connectivity index (χ3n) is 5.57. The fraction of sp³-hybridized carbons (Fsp3) is 0.952. The summed E-state index contributed by atoms with van der Waals surface area (Å²) in [7, 11) is 0. The van der Waals surface area contributed by atoms with Crippen molar-refractivity contribution in [2.24, 2.45) is 10.9 Å². The minimum Gasteiger partial charge on any atom is -0.379 e. The molecule has 0 saturated carbocycles. The van der Waals surface area contributed by atoms with Gasteiger partial charge in [0, 0.05) is 38.4 Å². The van der Waals surface area contributed by atoms with Crippen molar-refractivity contribution < 1.29 is 9.47 Å². The normalized spacial score (nSPS) is 25.0. The monoisotopic (exact) mass is 382 g/mol. The van der Waals surface area contributed by atoms with Crippen molar-refractivity contribution in [1.29, 1.82) is 0 Å². The molecule has 2 aliphatic rings. The van der Waals surface area contributed by atoms with E-state index in [9.17, 15) is 0 Å². The van der Waals surface area contributed by atoms with Crippen molar-refractivity contribution in [2.75, 3.05) is 52.5 Å². The largest absolute Gasteiger partial charge is 0.379 e. The van der Waals surface area contributed by atoms with E-state index in [0.717, 1.165) is 64.2 Å². The Bertz CT molecular complexity index is 436. The fourth-order valence-electron chi connectivity index (χ4n) is 3.83. The van der Waals surface area contributed by atoms with Crippen LogP contribution in [0.3, 0.4) is 0 Å². The lowest BCUT2D eigenvalue weighted by Crippen LogP contribution is -2.51. The molecule has 0 aromatic carbocycles. The molecule has 6 nitrogen and oxygen atoms in total. The number of ether oxygens (including phenoxy) is 2. The molecule has 0 aromatic rings. The van der Waals surface area contributed by atoms with Crippen LogP contribution in [0.4, 0.5) is 0 Å². The van der Waals surface area contributed by atoms with Gasteiger partial charge in [-0.3, -0.25) is 9.89 Å². The van der Waals surface area contributed by atoms with Gasteiger partial charge < -0.3 is 20.1 Å². The van der Waals surface area contributed by atoms with Crippen LogP contribution in [0.5, 0.6) is 0 Å². The molecular formula is C21H42N4O2. The molecule has 0 aliphatic carbocycles. The molecule has 2 unspecified atom stereocenters. The lowest BCUT2D eigenvalue weighted by Gasteiger charge is -2.42. The second-order valence-electron chi connectivity index (χ2n) is 8.69. The van der Waals surface area contributed by atoms with Crippen LogP contribution in [0.25, 0.3) is 0 Å². The van der Waals surface area contributed by atoms with Crippen molar-refractivity contribution in [1.82, 2.24) is 15.5 Å². The number of piperidine rings is 1. The summed E-state index contributed by atoms with van der Waals surface area (Å²) in [6.45, 7) is 16.4. The SMILES string of the molecule is CCNC(=NCC(C)(C)N1CCCC(C)C1)NCCCOCC1CCCO1. The highest BCUT2D eigenvalue weighted by Crippen LogP contribution is 2.24. The number of hydrogen-bond donors (Lipinski definition) is 2. The predicted molar refractivity (Wildman–Crippen MR) is 112 cm³/mol. The first-order chi connectivity index (χ1) is 13.0. The van der Waals surface area contributed by atoms with E-state index in [1.54, 1.807) is 0 Å². The van der Waals surface area contributed by atoms with Gasteiger partial charge >= 0.3 is 0 Å². The van der Waals surface area contributed by atoms with Gasteiger partial charge in [0.25, 0.3) is 0 Å². The molecule has 0 spiro atoms. The molecule has 0 radical (unpaired) electrons. The van der Waals surface area contributed by atoms with Gasteiger partial charge in [0.2, 0.25) is 0 Å². The van der Waals surface area contributed by atoms with E-state index >= 15 is 0 Å². The van der Waals surface area contributed by atoms with Crippen molar-refractivity contribution in [3.8, 4) is 0 Å². The molecule has 27 heavy (non-hydrogen) atoms. The van der Waals surface area contributed by atoms with Crippen LogP contribution in [0.1, 0.15) is 59.8 Å². The second-order valence-corrected chi connectivity index (χ2v) is 8.69. The molecule has 2 atom stereocenters.